The molecule has 0 atom stereocenters. The van der Waals surface area contributed by atoms with Crippen molar-refractivity contribution in [3.8, 4) is 11.8 Å². The fourth-order valence-electron chi connectivity index (χ4n) is 2.96. The van der Waals surface area contributed by atoms with Crippen molar-refractivity contribution >= 4 is 45.9 Å². The van der Waals surface area contributed by atoms with Gasteiger partial charge in [0.1, 0.15) is 24.3 Å². The van der Waals surface area contributed by atoms with E-state index in [0.29, 0.717) is 39.4 Å². The number of nitrogens with zero attached hydrogens (tertiary/aromatic N) is 2. The van der Waals surface area contributed by atoms with Crippen LogP contribution in [0.15, 0.2) is 66.7 Å². The van der Waals surface area contributed by atoms with Gasteiger partial charge in [0, 0.05) is 10.6 Å². The fourth-order valence-corrected chi connectivity index (χ4v) is 3.52. The highest BCUT2D eigenvalue weighted by molar-refractivity contribution is 6.36. The molecule has 6 heteroatoms. The number of hydrogen-bond acceptors (Lipinski definition) is 3. The van der Waals surface area contributed by atoms with Crippen LogP contribution in [0, 0.1) is 11.3 Å². The fraction of sp³-hybridized carbons (Fsp3) is 0.0435. The Morgan fingerprint density at radius 3 is 2.59 bits per heavy atom. The minimum Gasteiger partial charge on any atom is -0.487 e. The number of aromatic amines is 1. The number of allylic oxidation sites excluding steroid dienone is 1. The van der Waals surface area contributed by atoms with Gasteiger partial charge >= 0.3 is 0 Å². The molecule has 0 radical (unpaired) electrons. The van der Waals surface area contributed by atoms with Crippen molar-refractivity contribution in [3.63, 3.8) is 0 Å². The van der Waals surface area contributed by atoms with Crippen molar-refractivity contribution in [1.82, 2.24) is 9.97 Å². The van der Waals surface area contributed by atoms with Gasteiger partial charge < -0.3 is 9.72 Å². The van der Waals surface area contributed by atoms with Crippen molar-refractivity contribution in [2.45, 2.75) is 6.61 Å². The van der Waals surface area contributed by atoms with Crippen LogP contribution in [0.25, 0.3) is 22.7 Å². The van der Waals surface area contributed by atoms with Crippen LogP contribution in [0.5, 0.6) is 5.75 Å². The van der Waals surface area contributed by atoms with Gasteiger partial charge in [-0.05, 0) is 35.9 Å². The van der Waals surface area contributed by atoms with E-state index in [0.717, 1.165) is 16.6 Å². The van der Waals surface area contributed by atoms with Gasteiger partial charge in [0.15, 0.2) is 0 Å². The molecule has 29 heavy (non-hydrogen) atoms. The van der Waals surface area contributed by atoms with Gasteiger partial charge in [-0.1, -0.05) is 65.7 Å². The molecule has 0 spiro atoms. The number of halogens is 2. The lowest BCUT2D eigenvalue weighted by atomic mass is 10.1. The number of H-pyrrole nitrogens is 1. The van der Waals surface area contributed by atoms with E-state index in [1.807, 2.05) is 54.6 Å². The molecule has 4 aromatic rings. The Hall–Kier alpha value is -3.26. The SMILES string of the molecule is N#CC(=Cc1cc(Cl)cc(Cl)c1OCc1ccccc1)c1nc2ccccc2[nH]1. The molecule has 0 unspecified atom stereocenters. The van der Waals surface area contributed by atoms with E-state index in [1.165, 1.54) is 0 Å². The Labute approximate surface area is 178 Å². The highest BCUT2D eigenvalue weighted by Gasteiger charge is 2.13. The molecule has 1 aromatic heterocycles. The first kappa shape index (κ1) is 19.1. The Kier molecular flexibility index (Phi) is 5.53. The average molecular weight is 420 g/mol. The number of nitriles is 1. The highest BCUT2D eigenvalue weighted by Crippen LogP contribution is 2.35. The number of rotatable bonds is 5. The summed E-state index contributed by atoms with van der Waals surface area (Å²) in [6.07, 6.45) is 1.68. The first-order chi connectivity index (χ1) is 14.1. The van der Waals surface area contributed by atoms with Gasteiger partial charge in [-0.2, -0.15) is 5.26 Å². The first-order valence-corrected chi connectivity index (χ1v) is 9.62. The predicted molar refractivity (Wildman–Crippen MR) is 117 cm³/mol. The molecule has 0 amide bonds. The average Bonchev–Trinajstić information content (AvgIpc) is 3.16. The van der Waals surface area contributed by atoms with Gasteiger partial charge in [0.25, 0.3) is 0 Å². The molecule has 4 rings (SSSR count). The molecule has 0 aliphatic carbocycles. The van der Waals surface area contributed by atoms with E-state index in [1.54, 1.807) is 18.2 Å². The van der Waals surface area contributed by atoms with Crippen LogP contribution in [0.3, 0.4) is 0 Å². The lowest BCUT2D eigenvalue weighted by Gasteiger charge is -2.12. The van der Waals surface area contributed by atoms with Crippen molar-refractivity contribution in [2.24, 2.45) is 0 Å². The summed E-state index contributed by atoms with van der Waals surface area (Å²) in [5, 5.41) is 10.5. The van der Waals surface area contributed by atoms with Crippen molar-refractivity contribution in [3.05, 3.63) is 93.7 Å². The summed E-state index contributed by atoms with van der Waals surface area (Å²) in [6.45, 7) is 0.343. The van der Waals surface area contributed by atoms with Gasteiger partial charge in [-0.3, -0.25) is 0 Å². The monoisotopic (exact) mass is 419 g/mol. The number of ether oxygens (including phenoxy) is 1. The Morgan fingerprint density at radius 2 is 1.83 bits per heavy atom. The molecular formula is C23H15Cl2N3O. The third-order valence-electron chi connectivity index (χ3n) is 4.33. The van der Waals surface area contributed by atoms with Crippen LogP contribution >= 0.6 is 23.2 Å². The van der Waals surface area contributed by atoms with Crippen molar-refractivity contribution in [1.29, 1.82) is 5.26 Å². The molecule has 0 bridgehead atoms. The molecule has 0 aliphatic rings. The molecule has 142 valence electrons. The Balaban J connectivity index is 1.73. The normalized spacial score (nSPS) is 11.4. The molecular weight excluding hydrogens is 405 g/mol. The van der Waals surface area contributed by atoms with E-state index in [-0.39, 0.29) is 0 Å². The van der Waals surface area contributed by atoms with Crippen molar-refractivity contribution < 1.29 is 4.74 Å². The number of nitrogens with one attached hydrogen (secondary N) is 1. The summed E-state index contributed by atoms with van der Waals surface area (Å²) >= 11 is 12.6. The minimum atomic E-state index is 0.343. The third-order valence-corrected chi connectivity index (χ3v) is 4.83. The standard InChI is InChI=1S/C23H15Cl2N3O/c24-18-11-16(22(19(25)12-18)29-14-15-6-2-1-3-7-15)10-17(13-26)23-27-20-8-4-5-9-21(20)28-23/h1-12H,14H2,(H,27,28). The lowest BCUT2D eigenvalue weighted by Crippen LogP contribution is -1.98. The smallest absolute Gasteiger partial charge is 0.149 e. The maximum atomic E-state index is 9.72. The van der Waals surface area contributed by atoms with Crippen molar-refractivity contribution in [2.75, 3.05) is 0 Å². The van der Waals surface area contributed by atoms with Crippen LogP contribution in [-0.2, 0) is 6.61 Å². The zero-order valence-electron chi connectivity index (χ0n) is 15.2. The topological polar surface area (TPSA) is 61.7 Å². The Morgan fingerprint density at radius 1 is 1.07 bits per heavy atom. The van der Waals surface area contributed by atoms with Crippen LogP contribution in [-0.4, -0.2) is 9.97 Å². The number of imidazole rings is 1. The summed E-state index contributed by atoms with van der Waals surface area (Å²) in [5.41, 5.74) is 3.60. The highest BCUT2D eigenvalue weighted by atomic mass is 35.5. The van der Waals surface area contributed by atoms with Crippen LogP contribution in [0.4, 0.5) is 0 Å². The number of hydrogen-bond donors (Lipinski definition) is 1. The van der Waals surface area contributed by atoms with E-state index < -0.39 is 0 Å². The first-order valence-electron chi connectivity index (χ1n) is 8.87. The number of aromatic nitrogens is 2. The zero-order chi connectivity index (χ0) is 20.2. The predicted octanol–water partition coefficient (Wildman–Crippen LogP) is 6.51. The second kappa shape index (κ2) is 8.40. The summed E-state index contributed by atoms with van der Waals surface area (Å²) in [4.78, 5) is 7.66. The molecule has 3 aromatic carbocycles. The summed E-state index contributed by atoms with van der Waals surface area (Å²) in [6, 6.07) is 22.9. The number of benzene rings is 3. The maximum absolute atomic E-state index is 9.72. The number of fused-ring (bicyclic) bond motifs is 1. The van der Waals surface area contributed by atoms with Crippen LogP contribution in [0.2, 0.25) is 10.0 Å². The molecule has 1 N–H and O–H groups in total. The van der Waals surface area contributed by atoms with E-state index in [9.17, 15) is 5.26 Å². The lowest BCUT2D eigenvalue weighted by molar-refractivity contribution is 0.306. The van der Waals surface area contributed by atoms with E-state index >= 15 is 0 Å². The maximum Gasteiger partial charge on any atom is 0.149 e. The summed E-state index contributed by atoms with van der Waals surface area (Å²) < 4.78 is 5.97. The molecule has 0 saturated carbocycles. The van der Waals surface area contributed by atoms with Gasteiger partial charge in [0.05, 0.1) is 21.6 Å². The second-order valence-corrected chi connectivity index (χ2v) is 7.20. The largest absolute Gasteiger partial charge is 0.487 e. The van der Waals surface area contributed by atoms with Crippen LogP contribution < -0.4 is 4.74 Å². The molecule has 0 saturated heterocycles. The second-order valence-electron chi connectivity index (χ2n) is 6.35. The van der Waals surface area contributed by atoms with Gasteiger partial charge in [0.2, 0.25) is 0 Å². The molecule has 0 aliphatic heterocycles. The minimum absolute atomic E-state index is 0.343. The summed E-state index contributed by atoms with van der Waals surface area (Å²) in [5.74, 6) is 0.933. The number of para-hydroxylation sites is 2. The third kappa shape index (κ3) is 4.27. The van der Waals surface area contributed by atoms with E-state index in [2.05, 4.69) is 16.0 Å². The molecule has 4 nitrogen and oxygen atoms in total. The van der Waals surface area contributed by atoms with Crippen LogP contribution in [0.1, 0.15) is 17.0 Å². The zero-order valence-corrected chi connectivity index (χ0v) is 16.7. The Bertz CT molecular complexity index is 1210. The summed E-state index contributed by atoms with van der Waals surface area (Å²) in [7, 11) is 0. The molecule has 1 heterocycles. The molecule has 0 fully saturated rings. The van der Waals surface area contributed by atoms with E-state index in [4.69, 9.17) is 27.9 Å². The quantitative estimate of drug-likeness (QED) is 0.374. The van der Waals surface area contributed by atoms with Gasteiger partial charge in [-0.15, -0.1) is 0 Å². The van der Waals surface area contributed by atoms with Gasteiger partial charge in [-0.25, -0.2) is 4.98 Å².